The van der Waals surface area contributed by atoms with Crippen LogP contribution in [-0.4, -0.2) is 19.6 Å². The molecule has 2 N–H and O–H groups in total. The minimum atomic E-state index is 0.359. The Kier molecular flexibility index (Phi) is 3.72. The fraction of sp³-hybridized carbons (Fsp3) is 0.333. The van der Waals surface area contributed by atoms with Gasteiger partial charge < -0.3 is 5.73 Å². The lowest BCUT2D eigenvalue weighted by Crippen LogP contribution is -2.02. The third-order valence-electron chi connectivity index (χ3n) is 0.904. The minimum absolute atomic E-state index is 0.359. The Morgan fingerprint density at radius 2 is 2.10 bits per heavy atom. The molecule has 0 aromatic heterocycles. The summed E-state index contributed by atoms with van der Waals surface area (Å²) in [6.45, 7) is 4.96. The van der Waals surface area contributed by atoms with Crippen molar-refractivity contribution in [2.75, 3.05) is 7.05 Å². The standard InChI is InChI=1S/C6H10ClN3/c1-4(8)5(7)6(9-2)10-3/h2,8H2,1,3H3. The third kappa shape index (κ3) is 2.19. The summed E-state index contributed by atoms with van der Waals surface area (Å²) < 4.78 is 0. The van der Waals surface area contributed by atoms with Gasteiger partial charge in [0.1, 0.15) is 5.03 Å². The number of amidine groups is 1. The summed E-state index contributed by atoms with van der Waals surface area (Å²) in [5.41, 5.74) is 5.86. The zero-order chi connectivity index (χ0) is 8.15. The van der Waals surface area contributed by atoms with Crippen LogP contribution in [-0.2, 0) is 0 Å². The molecule has 0 aliphatic carbocycles. The van der Waals surface area contributed by atoms with Crippen molar-refractivity contribution < 1.29 is 0 Å². The second kappa shape index (κ2) is 4.06. The molecule has 0 rings (SSSR count). The van der Waals surface area contributed by atoms with Crippen molar-refractivity contribution >= 4 is 24.2 Å². The first-order valence-corrected chi connectivity index (χ1v) is 3.07. The Bertz CT molecular complexity index is 189. The van der Waals surface area contributed by atoms with Gasteiger partial charge in [0, 0.05) is 12.7 Å². The summed E-state index contributed by atoms with van der Waals surface area (Å²) in [4.78, 5) is 7.30. The Morgan fingerprint density at radius 1 is 1.60 bits per heavy atom. The van der Waals surface area contributed by atoms with Crippen molar-refractivity contribution in [1.82, 2.24) is 0 Å². The second-order valence-corrected chi connectivity index (χ2v) is 2.08. The van der Waals surface area contributed by atoms with E-state index in [1.807, 2.05) is 0 Å². The smallest absolute Gasteiger partial charge is 0.167 e. The molecule has 10 heavy (non-hydrogen) atoms. The van der Waals surface area contributed by atoms with Gasteiger partial charge in [0.05, 0.1) is 0 Å². The molecule has 0 radical (unpaired) electrons. The van der Waals surface area contributed by atoms with Gasteiger partial charge in [0.25, 0.3) is 0 Å². The first-order valence-electron chi connectivity index (χ1n) is 2.69. The maximum absolute atomic E-state index is 5.67. The van der Waals surface area contributed by atoms with E-state index in [1.165, 1.54) is 0 Å². The van der Waals surface area contributed by atoms with Gasteiger partial charge in [0.2, 0.25) is 0 Å². The van der Waals surface area contributed by atoms with Gasteiger partial charge in [0.15, 0.2) is 5.84 Å². The van der Waals surface area contributed by atoms with Crippen LogP contribution in [0.1, 0.15) is 6.92 Å². The first kappa shape index (κ1) is 9.17. The largest absolute Gasteiger partial charge is 0.401 e. The summed E-state index contributed by atoms with van der Waals surface area (Å²) in [6.07, 6.45) is 0. The van der Waals surface area contributed by atoms with E-state index in [4.69, 9.17) is 17.3 Å². The zero-order valence-electron chi connectivity index (χ0n) is 6.06. The highest BCUT2D eigenvalue weighted by Crippen LogP contribution is 2.07. The van der Waals surface area contributed by atoms with Crippen LogP contribution in [0, 0.1) is 0 Å². The highest BCUT2D eigenvalue weighted by atomic mass is 35.5. The highest BCUT2D eigenvalue weighted by Gasteiger charge is 2.01. The maximum atomic E-state index is 5.67. The van der Waals surface area contributed by atoms with Crippen molar-refractivity contribution in [3.63, 3.8) is 0 Å². The van der Waals surface area contributed by atoms with Gasteiger partial charge in [-0.25, -0.2) is 4.99 Å². The molecule has 0 bridgehead atoms. The number of rotatable bonds is 1. The molecule has 0 saturated carbocycles. The molecule has 3 nitrogen and oxygen atoms in total. The molecular weight excluding hydrogens is 150 g/mol. The normalized spacial score (nSPS) is 14.5. The van der Waals surface area contributed by atoms with Crippen LogP contribution in [0.5, 0.6) is 0 Å². The summed E-state index contributed by atoms with van der Waals surface area (Å²) in [5.74, 6) is 0.377. The van der Waals surface area contributed by atoms with Crippen molar-refractivity contribution in [2.24, 2.45) is 15.7 Å². The molecule has 0 saturated heterocycles. The fourth-order valence-corrected chi connectivity index (χ4v) is 0.559. The van der Waals surface area contributed by atoms with Gasteiger partial charge in [-0.05, 0) is 13.6 Å². The lowest BCUT2D eigenvalue weighted by Gasteiger charge is -1.97. The summed E-state index contributed by atoms with van der Waals surface area (Å²) >= 11 is 5.67. The van der Waals surface area contributed by atoms with Gasteiger partial charge >= 0.3 is 0 Å². The molecule has 0 aromatic carbocycles. The van der Waals surface area contributed by atoms with E-state index in [2.05, 4.69) is 16.7 Å². The van der Waals surface area contributed by atoms with E-state index in [0.29, 0.717) is 16.6 Å². The number of allylic oxidation sites excluding steroid dienone is 1. The SMILES string of the molecule is C=NC(=NC)C(Cl)=C(C)N. The average molecular weight is 160 g/mol. The van der Waals surface area contributed by atoms with Crippen molar-refractivity contribution in [3.8, 4) is 0 Å². The first-order chi connectivity index (χ1) is 4.63. The van der Waals surface area contributed by atoms with Crippen LogP contribution in [0.3, 0.4) is 0 Å². The quantitative estimate of drug-likeness (QED) is 0.453. The van der Waals surface area contributed by atoms with E-state index >= 15 is 0 Å². The molecule has 0 amide bonds. The van der Waals surface area contributed by atoms with E-state index in [1.54, 1.807) is 14.0 Å². The third-order valence-corrected chi connectivity index (χ3v) is 1.37. The Hall–Kier alpha value is -0.830. The van der Waals surface area contributed by atoms with Gasteiger partial charge in [-0.2, -0.15) is 0 Å². The van der Waals surface area contributed by atoms with E-state index < -0.39 is 0 Å². The highest BCUT2D eigenvalue weighted by molar-refractivity contribution is 6.43. The van der Waals surface area contributed by atoms with Crippen molar-refractivity contribution in [3.05, 3.63) is 10.7 Å². The van der Waals surface area contributed by atoms with Gasteiger partial charge in [-0.1, -0.05) is 11.6 Å². The zero-order valence-corrected chi connectivity index (χ0v) is 6.81. The molecule has 0 fully saturated rings. The minimum Gasteiger partial charge on any atom is -0.401 e. The maximum Gasteiger partial charge on any atom is 0.167 e. The van der Waals surface area contributed by atoms with Crippen LogP contribution in [0.2, 0.25) is 0 Å². The van der Waals surface area contributed by atoms with Crippen LogP contribution >= 0.6 is 11.6 Å². The van der Waals surface area contributed by atoms with Gasteiger partial charge in [-0.3, -0.25) is 4.99 Å². The Balaban J connectivity index is 4.64. The molecular formula is C6H10ClN3. The van der Waals surface area contributed by atoms with Gasteiger partial charge in [-0.15, -0.1) is 0 Å². The topological polar surface area (TPSA) is 50.7 Å². The predicted molar refractivity (Wildman–Crippen MR) is 45.6 cm³/mol. The summed E-state index contributed by atoms with van der Waals surface area (Å²) in [5, 5.41) is 0.359. The fourth-order valence-electron chi connectivity index (χ4n) is 0.415. The molecule has 0 aliphatic heterocycles. The Labute approximate surface area is 65.3 Å². The molecule has 0 spiro atoms. The molecule has 0 aromatic rings. The predicted octanol–water partition coefficient (Wildman–Crippen LogP) is 1.14. The molecule has 4 heteroatoms. The molecule has 0 atom stereocenters. The molecule has 0 aliphatic rings. The summed E-state index contributed by atoms with van der Waals surface area (Å²) in [7, 11) is 1.58. The number of hydrogen-bond donors (Lipinski definition) is 1. The van der Waals surface area contributed by atoms with Crippen LogP contribution in [0.25, 0.3) is 0 Å². The van der Waals surface area contributed by atoms with Crippen molar-refractivity contribution in [1.29, 1.82) is 0 Å². The lowest BCUT2D eigenvalue weighted by atomic mass is 10.4. The number of halogens is 1. The van der Waals surface area contributed by atoms with Crippen LogP contribution in [0.4, 0.5) is 0 Å². The van der Waals surface area contributed by atoms with E-state index in [-0.39, 0.29) is 0 Å². The van der Waals surface area contributed by atoms with E-state index in [0.717, 1.165) is 0 Å². The second-order valence-electron chi connectivity index (χ2n) is 1.70. The number of nitrogens with two attached hydrogens (primary N) is 1. The van der Waals surface area contributed by atoms with Crippen molar-refractivity contribution in [2.45, 2.75) is 6.92 Å². The number of aliphatic imine (C=N–C) groups is 2. The van der Waals surface area contributed by atoms with Crippen LogP contribution in [0.15, 0.2) is 20.7 Å². The van der Waals surface area contributed by atoms with Crippen LogP contribution < -0.4 is 5.73 Å². The average Bonchev–Trinajstić information content (AvgIpc) is 1.90. The molecule has 56 valence electrons. The molecule has 0 heterocycles. The lowest BCUT2D eigenvalue weighted by molar-refractivity contribution is 1.29. The monoisotopic (exact) mass is 159 g/mol. The van der Waals surface area contributed by atoms with E-state index in [9.17, 15) is 0 Å². The number of nitrogens with zero attached hydrogens (tertiary/aromatic N) is 2. The molecule has 0 unspecified atom stereocenters. The number of hydrogen-bond acceptors (Lipinski definition) is 2. The Morgan fingerprint density at radius 3 is 2.20 bits per heavy atom. The summed E-state index contributed by atoms with van der Waals surface area (Å²) in [6, 6.07) is 0.